The molecule has 0 saturated heterocycles. The van der Waals surface area contributed by atoms with Gasteiger partial charge in [0.15, 0.2) is 0 Å². The highest BCUT2D eigenvalue weighted by molar-refractivity contribution is 6.00. The molecule has 0 bridgehead atoms. The zero-order valence-corrected chi connectivity index (χ0v) is 20.2. The zero-order chi connectivity index (χ0) is 25.3. The van der Waals surface area contributed by atoms with Crippen molar-refractivity contribution in [2.75, 3.05) is 0 Å². The number of hydrogen-bond donors (Lipinski definition) is 2. The number of H-pyrrole nitrogens is 2. The maximum Gasteiger partial charge on any atom is 0.138 e. The number of nitrogens with zero attached hydrogens (tertiary/aromatic N) is 5. The second kappa shape index (κ2) is 9.25. The highest BCUT2D eigenvalue weighted by Gasteiger charge is 2.15. The fraction of sp³-hybridized carbons (Fsp3) is 0.0333. The first-order valence-electron chi connectivity index (χ1n) is 12.2. The first-order chi connectivity index (χ1) is 18.8. The predicted molar refractivity (Wildman–Crippen MR) is 146 cm³/mol. The first-order valence-corrected chi connectivity index (χ1v) is 12.2. The van der Waals surface area contributed by atoms with E-state index >= 15 is 0 Å². The zero-order valence-electron chi connectivity index (χ0n) is 20.2. The Morgan fingerprint density at radius 2 is 1.58 bits per heavy atom. The molecule has 0 aliphatic heterocycles. The molecule has 6 heterocycles. The van der Waals surface area contributed by atoms with Crippen molar-refractivity contribution in [3.05, 3.63) is 109 Å². The van der Waals surface area contributed by atoms with Crippen molar-refractivity contribution >= 4 is 21.8 Å². The number of aromatic nitrogens is 7. The Bertz CT molecular complexity index is 1880. The van der Waals surface area contributed by atoms with Crippen molar-refractivity contribution in [2.24, 2.45) is 0 Å². The summed E-state index contributed by atoms with van der Waals surface area (Å²) in [5.41, 5.74) is 8.10. The van der Waals surface area contributed by atoms with Crippen LogP contribution >= 0.6 is 0 Å². The van der Waals surface area contributed by atoms with Crippen molar-refractivity contribution in [3.63, 3.8) is 0 Å². The molecular formula is C30H21N7O. The predicted octanol–water partition coefficient (Wildman–Crippen LogP) is 6.20. The van der Waals surface area contributed by atoms with Crippen molar-refractivity contribution in [1.29, 1.82) is 0 Å². The van der Waals surface area contributed by atoms with Crippen LogP contribution in [0.15, 0.2) is 104 Å². The minimum atomic E-state index is 0.473. The molecule has 7 rings (SSSR count). The van der Waals surface area contributed by atoms with Crippen LogP contribution in [0.25, 0.3) is 55.7 Å². The summed E-state index contributed by atoms with van der Waals surface area (Å²) < 4.78 is 5.98. The van der Waals surface area contributed by atoms with Crippen LogP contribution in [0.3, 0.4) is 0 Å². The number of hydrogen-bond acceptors (Lipinski definition) is 6. The van der Waals surface area contributed by atoms with Gasteiger partial charge in [-0.15, -0.1) is 0 Å². The van der Waals surface area contributed by atoms with Gasteiger partial charge in [0.05, 0.1) is 35.0 Å². The molecule has 8 heteroatoms. The lowest BCUT2D eigenvalue weighted by Gasteiger charge is -2.08. The van der Waals surface area contributed by atoms with E-state index in [0.717, 1.165) is 61.3 Å². The van der Waals surface area contributed by atoms with Gasteiger partial charge < -0.3 is 9.72 Å². The van der Waals surface area contributed by atoms with E-state index in [4.69, 9.17) is 4.74 Å². The Hall–Kier alpha value is -5.37. The second-order valence-electron chi connectivity index (χ2n) is 8.92. The maximum absolute atomic E-state index is 5.98. The summed E-state index contributed by atoms with van der Waals surface area (Å²) in [5, 5.41) is 9.68. The molecular weight excluding hydrogens is 474 g/mol. The van der Waals surface area contributed by atoms with Crippen LogP contribution in [0.5, 0.6) is 5.75 Å². The summed E-state index contributed by atoms with van der Waals surface area (Å²) in [5.74, 6) is 0.687. The van der Waals surface area contributed by atoms with Gasteiger partial charge in [0.1, 0.15) is 18.1 Å². The molecule has 0 aliphatic carbocycles. The van der Waals surface area contributed by atoms with Gasteiger partial charge >= 0.3 is 0 Å². The van der Waals surface area contributed by atoms with Crippen LogP contribution in [0, 0.1) is 0 Å². The van der Waals surface area contributed by atoms with Crippen molar-refractivity contribution in [2.45, 2.75) is 6.61 Å². The monoisotopic (exact) mass is 495 g/mol. The number of ether oxygens (including phenoxy) is 1. The molecule has 0 radical (unpaired) electrons. The minimum Gasteiger partial charge on any atom is -0.487 e. The Morgan fingerprint density at radius 3 is 2.47 bits per heavy atom. The second-order valence-corrected chi connectivity index (χ2v) is 8.92. The van der Waals surface area contributed by atoms with E-state index in [0.29, 0.717) is 12.4 Å². The molecule has 0 spiro atoms. The van der Waals surface area contributed by atoms with Crippen LogP contribution in [-0.2, 0) is 6.61 Å². The number of rotatable bonds is 6. The lowest BCUT2D eigenvalue weighted by molar-refractivity contribution is 0.305. The summed E-state index contributed by atoms with van der Waals surface area (Å²) in [6, 6.07) is 22.0. The number of fused-ring (bicyclic) bond motifs is 2. The molecule has 2 N–H and O–H groups in total. The third-order valence-corrected chi connectivity index (χ3v) is 6.44. The number of benzene rings is 1. The number of pyridine rings is 4. The fourth-order valence-electron chi connectivity index (χ4n) is 4.57. The van der Waals surface area contributed by atoms with Gasteiger partial charge in [-0.25, -0.2) is 0 Å². The van der Waals surface area contributed by atoms with Crippen LogP contribution in [0.2, 0.25) is 0 Å². The highest BCUT2D eigenvalue weighted by atomic mass is 16.5. The molecule has 1 aromatic carbocycles. The molecule has 6 aromatic heterocycles. The summed E-state index contributed by atoms with van der Waals surface area (Å²) in [4.78, 5) is 21.4. The topological polar surface area (TPSA) is 105 Å². The van der Waals surface area contributed by atoms with E-state index < -0.39 is 0 Å². The largest absolute Gasteiger partial charge is 0.487 e. The Balaban J connectivity index is 1.24. The molecule has 182 valence electrons. The third-order valence-electron chi connectivity index (χ3n) is 6.44. The lowest BCUT2D eigenvalue weighted by Crippen LogP contribution is -1.96. The van der Waals surface area contributed by atoms with Gasteiger partial charge in [-0.3, -0.25) is 25.0 Å². The average Bonchev–Trinajstić information content (AvgIpc) is 3.61. The molecule has 0 atom stereocenters. The van der Waals surface area contributed by atoms with Crippen LogP contribution in [0.1, 0.15) is 5.56 Å². The van der Waals surface area contributed by atoms with Gasteiger partial charge in [-0.05, 0) is 42.0 Å². The van der Waals surface area contributed by atoms with E-state index in [1.807, 2.05) is 66.9 Å². The van der Waals surface area contributed by atoms with Crippen LogP contribution in [0.4, 0.5) is 0 Å². The molecule has 8 nitrogen and oxygen atoms in total. The first kappa shape index (κ1) is 21.9. The number of aromatic amines is 2. The molecule has 0 aliphatic rings. The minimum absolute atomic E-state index is 0.473. The van der Waals surface area contributed by atoms with E-state index in [2.05, 4.69) is 41.2 Å². The molecule has 38 heavy (non-hydrogen) atoms. The van der Waals surface area contributed by atoms with Gasteiger partial charge in [-0.2, -0.15) is 5.10 Å². The maximum atomic E-state index is 5.98. The van der Waals surface area contributed by atoms with Gasteiger partial charge in [0.2, 0.25) is 0 Å². The summed E-state index contributed by atoms with van der Waals surface area (Å²) in [6.07, 6.45) is 10.7. The van der Waals surface area contributed by atoms with E-state index in [1.54, 1.807) is 31.0 Å². The summed E-state index contributed by atoms with van der Waals surface area (Å²) in [6.45, 7) is 0.473. The number of nitrogens with one attached hydrogen (secondary N) is 2. The van der Waals surface area contributed by atoms with Crippen molar-refractivity contribution in [3.8, 4) is 39.7 Å². The van der Waals surface area contributed by atoms with Gasteiger partial charge in [0, 0.05) is 52.2 Å². The fourth-order valence-corrected chi connectivity index (χ4v) is 4.57. The van der Waals surface area contributed by atoms with E-state index in [1.165, 1.54) is 0 Å². The van der Waals surface area contributed by atoms with Crippen LogP contribution in [-0.4, -0.2) is 35.1 Å². The highest BCUT2D eigenvalue weighted by Crippen LogP contribution is 2.34. The molecule has 0 unspecified atom stereocenters. The van der Waals surface area contributed by atoms with Crippen molar-refractivity contribution in [1.82, 2.24) is 35.1 Å². The molecule has 0 fully saturated rings. The standard InChI is InChI=1S/C30H21N7O/c1-2-5-19(6-3-1)18-38-22-11-21(15-32-16-22)26-12-24-28(17-34-26)36-37-30(24)27-13-23-25(35-27)8-10-33-29(23)20-7-4-9-31-14-20/h1-17,35H,18H2,(H,36,37). The lowest BCUT2D eigenvalue weighted by atomic mass is 10.1. The average molecular weight is 496 g/mol. The van der Waals surface area contributed by atoms with E-state index in [-0.39, 0.29) is 0 Å². The third kappa shape index (κ3) is 4.04. The van der Waals surface area contributed by atoms with E-state index in [9.17, 15) is 0 Å². The van der Waals surface area contributed by atoms with Crippen LogP contribution < -0.4 is 4.74 Å². The van der Waals surface area contributed by atoms with Crippen molar-refractivity contribution < 1.29 is 4.74 Å². The van der Waals surface area contributed by atoms with Gasteiger partial charge in [0.25, 0.3) is 0 Å². The Kier molecular flexibility index (Phi) is 5.33. The molecule has 7 aromatic rings. The Labute approximate surface area is 217 Å². The quantitative estimate of drug-likeness (QED) is 0.284. The smallest absolute Gasteiger partial charge is 0.138 e. The SMILES string of the molecule is c1ccc(COc2cncc(-c3cc4c(-c5cc6c(-c7cccnc7)nccc6[nH]5)n[nH]c4cn3)c2)cc1. The molecule has 0 saturated carbocycles. The summed E-state index contributed by atoms with van der Waals surface area (Å²) >= 11 is 0. The summed E-state index contributed by atoms with van der Waals surface area (Å²) in [7, 11) is 0. The van der Waals surface area contributed by atoms with Gasteiger partial charge in [-0.1, -0.05) is 30.3 Å². The molecule has 0 amide bonds. The normalized spacial score (nSPS) is 11.3. The Morgan fingerprint density at radius 1 is 0.684 bits per heavy atom.